The van der Waals surface area contributed by atoms with Crippen LogP contribution >= 0.6 is 11.6 Å². The van der Waals surface area contributed by atoms with E-state index < -0.39 is 0 Å². The highest BCUT2D eigenvalue weighted by Crippen LogP contribution is 2.12. The molecule has 0 aliphatic heterocycles. The molecule has 7 nitrogen and oxygen atoms in total. The molecule has 8 heteroatoms. The first-order valence-electron chi connectivity index (χ1n) is 6.40. The van der Waals surface area contributed by atoms with Gasteiger partial charge in [0.1, 0.15) is 11.8 Å². The fraction of sp³-hybridized carbons (Fsp3) is 0.385. The third-order valence-corrected chi connectivity index (χ3v) is 2.81. The molecule has 0 aliphatic carbocycles. The van der Waals surface area contributed by atoms with Crippen molar-refractivity contribution in [3.05, 3.63) is 35.0 Å². The molecule has 0 atom stereocenters. The fourth-order valence-corrected chi connectivity index (χ4v) is 1.82. The number of halogens is 1. The van der Waals surface area contributed by atoms with Gasteiger partial charge in [-0.1, -0.05) is 11.6 Å². The van der Waals surface area contributed by atoms with Crippen molar-refractivity contribution in [2.45, 2.75) is 13.5 Å². The summed E-state index contributed by atoms with van der Waals surface area (Å²) >= 11 is 5.98. The van der Waals surface area contributed by atoms with E-state index in [-0.39, 0.29) is 12.5 Å². The summed E-state index contributed by atoms with van der Waals surface area (Å²) in [4.78, 5) is 21.7. The zero-order chi connectivity index (χ0) is 15.4. The third kappa shape index (κ3) is 3.77. The largest absolute Gasteiger partial charge is 0.374 e. The van der Waals surface area contributed by atoms with Crippen molar-refractivity contribution in [1.29, 1.82) is 0 Å². The molecule has 0 aromatic carbocycles. The molecule has 0 radical (unpaired) electrons. The minimum absolute atomic E-state index is 0.177. The maximum absolute atomic E-state index is 11.8. The van der Waals surface area contributed by atoms with Gasteiger partial charge < -0.3 is 9.64 Å². The SMILES string of the molecule is CCOCc1nc(Cl)cc(-n2ccc(C(=O)N(C)C)n2)n1. The molecule has 0 saturated carbocycles. The molecule has 0 spiro atoms. The Kier molecular flexibility index (Phi) is 4.87. The van der Waals surface area contributed by atoms with Gasteiger partial charge in [-0.15, -0.1) is 0 Å². The van der Waals surface area contributed by atoms with Gasteiger partial charge in [0.15, 0.2) is 17.3 Å². The molecule has 0 fully saturated rings. The second-order valence-corrected chi connectivity index (χ2v) is 4.83. The molecular weight excluding hydrogens is 294 g/mol. The molecular formula is C13H16ClN5O2. The average Bonchev–Trinajstić information content (AvgIpc) is 2.93. The lowest BCUT2D eigenvalue weighted by atomic mass is 10.4. The van der Waals surface area contributed by atoms with Gasteiger partial charge in [-0.3, -0.25) is 4.79 Å². The van der Waals surface area contributed by atoms with Crippen LogP contribution in [0.1, 0.15) is 23.2 Å². The molecule has 0 bridgehead atoms. The number of carbonyl (C=O) groups is 1. The van der Waals surface area contributed by atoms with Crippen LogP contribution in [0, 0.1) is 0 Å². The maximum atomic E-state index is 11.8. The Bertz CT molecular complexity index is 641. The van der Waals surface area contributed by atoms with Crippen LogP contribution in [0.25, 0.3) is 5.82 Å². The lowest BCUT2D eigenvalue weighted by molar-refractivity contribution is 0.0821. The van der Waals surface area contributed by atoms with E-state index in [1.807, 2.05) is 6.92 Å². The highest BCUT2D eigenvalue weighted by molar-refractivity contribution is 6.29. The number of hydrogen-bond acceptors (Lipinski definition) is 5. The van der Waals surface area contributed by atoms with E-state index in [0.29, 0.717) is 29.1 Å². The Hall–Kier alpha value is -1.99. The van der Waals surface area contributed by atoms with Crippen molar-refractivity contribution in [1.82, 2.24) is 24.6 Å². The highest BCUT2D eigenvalue weighted by Gasteiger charge is 2.13. The lowest BCUT2D eigenvalue weighted by Crippen LogP contribution is -2.22. The quantitative estimate of drug-likeness (QED) is 0.784. The van der Waals surface area contributed by atoms with Crippen LogP contribution in [0.3, 0.4) is 0 Å². The number of carbonyl (C=O) groups excluding carboxylic acids is 1. The molecule has 21 heavy (non-hydrogen) atoms. The van der Waals surface area contributed by atoms with Crippen molar-refractivity contribution < 1.29 is 9.53 Å². The molecule has 2 heterocycles. The average molecular weight is 310 g/mol. The zero-order valence-corrected chi connectivity index (χ0v) is 12.8. The van der Waals surface area contributed by atoms with Crippen LogP contribution in [0.5, 0.6) is 0 Å². The summed E-state index contributed by atoms with van der Waals surface area (Å²) in [7, 11) is 3.34. The molecule has 112 valence electrons. The maximum Gasteiger partial charge on any atom is 0.273 e. The predicted octanol–water partition coefficient (Wildman–Crippen LogP) is 1.55. The van der Waals surface area contributed by atoms with Gasteiger partial charge in [-0.25, -0.2) is 14.6 Å². The van der Waals surface area contributed by atoms with Gasteiger partial charge in [-0.05, 0) is 13.0 Å². The normalized spacial score (nSPS) is 10.7. The number of amides is 1. The first kappa shape index (κ1) is 15.4. The zero-order valence-electron chi connectivity index (χ0n) is 12.1. The summed E-state index contributed by atoms with van der Waals surface area (Å²) in [5.41, 5.74) is 0.334. The van der Waals surface area contributed by atoms with E-state index >= 15 is 0 Å². The number of hydrogen-bond donors (Lipinski definition) is 0. The molecule has 0 saturated heterocycles. The van der Waals surface area contributed by atoms with Crippen LogP contribution in [-0.2, 0) is 11.3 Å². The monoisotopic (exact) mass is 309 g/mol. The van der Waals surface area contributed by atoms with Gasteiger partial charge in [0.2, 0.25) is 0 Å². The predicted molar refractivity (Wildman–Crippen MR) is 77.5 cm³/mol. The topological polar surface area (TPSA) is 73.1 Å². The summed E-state index contributed by atoms with van der Waals surface area (Å²) in [5, 5.41) is 4.50. The number of rotatable bonds is 5. The van der Waals surface area contributed by atoms with E-state index in [2.05, 4.69) is 15.1 Å². The Morgan fingerprint density at radius 2 is 2.19 bits per heavy atom. The molecule has 1 amide bonds. The second-order valence-electron chi connectivity index (χ2n) is 4.45. The van der Waals surface area contributed by atoms with Crippen LogP contribution in [0.4, 0.5) is 0 Å². The van der Waals surface area contributed by atoms with E-state index in [1.54, 1.807) is 32.4 Å². The van der Waals surface area contributed by atoms with E-state index in [1.165, 1.54) is 9.58 Å². The first-order valence-corrected chi connectivity index (χ1v) is 6.78. The van der Waals surface area contributed by atoms with Crippen molar-refractivity contribution in [3.8, 4) is 5.82 Å². The molecule has 0 N–H and O–H groups in total. The third-order valence-electron chi connectivity index (χ3n) is 2.61. The first-order chi connectivity index (χ1) is 10.0. The van der Waals surface area contributed by atoms with Gasteiger partial charge in [0, 0.05) is 33.0 Å². The summed E-state index contributed by atoms with van der Waals surface area (Å²) in [6.45, 7) is 2.72. The lowest BCUT2D eigenvalue weighted by Gasteiger charge is -2.07. The molecule has 0 unspecified atom stereocenters. The summed E-state index contributed by atoms with van der Waals surface area (Å²) in [5.74, 6) is 0.779. The van der Waals surface area contributed by atoms with Crippen LogP contribution < -0.4 is 0 Å². The standard InChI is InChI=1S/C13H16ClN5O2/c1-4-21-8-11-15-10(14)7-12(16-11)19-6-5-9(17-19)13(20)18(2)3/h5-7H,4,8H2,1-3H3. The van der Waals surface area contributed by atoms with E-state index in [4.69, 9.17) is 16.3 Å². The minimum atomic E-state index is -0.177. The number of ether oxygens (including phenoxy) is 1. The van der Waals surface area contributed by atoms with Gasteiger partial charge in [0.05, 0.1) is 0 Å². The van der Waals surface area contributed by atoms with Gasteiger partial charge >= 0.3 is 0 Å². The Morgan fingerprint density at radius 3 is 2.86 bits per heavy atom. The van der Waals surface area contributed by atoms with E-state index in [9.17, 15) is 4.79 Å². The van der Waals surface area contributed by atoms with Crippen molar-refractivity contribution in [2.75, 3.05) is 20.7 Å². The van der Waals surface area contributed by atoms with Crippen LogP contribution in [0.15, 0.2) is 18.3 Å². The van der Waals surface area contributed by atoms with Crippen LogP contribution in [0.2, 0.25) is 5.15 Å². The van der Waals surface area contributed by atoms with E-state index in [0.717, 1.165) is 0 Å². The number of aromatic nitrogens is 4. The Balaban J connectivity index is 2.29. The number of nitrogens with zero attached hydrogens (tertiary/aromatic N) is 5. The molecule has 2 rings (SSSR count). The van der Waals surface area contributed by atoms with Gasteiger partial charge in [0.25, 0.3) is 5.91 Å². The molecule has 0 aliphatic rings. The Labute approximate surface area is 127 Å². The fourth-order valence-electron chi connectivity index (χ4n) is 1.62. The second kappa shape index (κ2) is 6.64. The molecule has 2 aromatic rings. The molecule has 2 aromatic heterocycles. The summed E-state index contributed by atoms with van der Waals surface area (Å²) in [6.07, 6.45) is 1.65. The van der Waals surface area contributed by atoms with Crippen LogP contribution in [-0.4, -0.2) is 51.3 Å². The summed E-state index contributed by atoms with van der Waals surface area (Å²) < 4.78 is 6.75. The van der Waals surface area contributed by atoms with Crippen molar-refractivity contribution in [3.63, 3.8) is 0 Å². The Morgan fingerprint density at radius 1 is 1.43 bits per heavy atom. The highest BCUT2D eigenvalue weighted by atomic mass is 35.5. The summed E-state index contributed by atoms with van der Waals surface area (Å²) in [6, 6.07) is 3.20. The van der Waals surface area contributed by atoms with Crippen molar-refractivity contribution >= 4 is 17.5 Å². The smallest absolute Gasteiger partial charge is 0.273 e. The van der Waals surface area contributed by atoms with Crippen molar-refractivity contribution in [2.24, 2.45) is 0 Å². The minimum Gasteiger partial charge on any atom is -0.374 e. The van der Waals surface area contributed by atoms with Gasteiger partial charge in [-0.2, -0.15) is 5.10 Å².